The van der Waals surface area contributed by atoms with Crippen molar-refractivity contribution in [2.75, 3.05) is 24.5 Å². The molecule has 1 saturated heterocycles. The Morgan fingerprint density at radius 2 is 1.85 bits per heavy atom. The van der Waals surface area contributed by atoms with Crippen molar-refractivity contribution in [3.05, 3.63) is 29.8 Å². The minimum absolute atomic E-state index is 0.401. The number of anilines is 1. The van der Waals surface area contributed by atoms with Gasteiger partial charge in [-0.3, -0.25) is 0 Å². The molecule has 0 atom stereocenters. The van der Waals surface area contributed by atoms with Gasteiger partial charge in [0.15, 0.2) is 0 Å². The number of hydrogen-bond acceptors (Lipinski definition) is 2. The summed E-state index contributed by atoms with van der Waals surface area (Å²) in [6.45, 7) is 5.82. The van der Waals surface area contributed by atoms with Gasteiger partial charge in [0.05, 0.1) is 0 Å². The van der Waals surface area contributed by atoms with E-state index in [0.29, 0.717) is 5.54 Å². The topological polar surface area (TPSA) is 15.3 Å². The second-order valence-corrected chi connectivity index (χ2v) is 6.61. The third kappa shape index (κ3) is 3.01. The highest BCUT2D eigenvalue weighted by Gasteiger charge is 2.36. The smallest absolute Gasteiger partial charge is 0.0367 e. The standard InChI is InChI=1S/C18H28N2/c1-2-6-16-7-9-17(10-8-16)20-14-5-13-19-18(15-20)11-3-4-12-18/h7-10,19H,2-6,11-15H2,1H3. The molecule has 110 valence electrons. The number of hydrogen-bond donors (Lipinski definition) is 1. The Hall–Kier alpha value is -1.02. The normalized spacial score (nSPS) is 22.1. The van der Waals surface area contributed by atoms with Gasteiger partial charge >= 0.3 is 0 Å². The molecule has 2 nitrogen and oxygen atoms in total. The largest absolute Gasteiger partial charge is 0.370 e. The van der Waals surface area contributed by atoms with Crippen molar-refractivity contribution in [3.8, 4) is 0 Å². The Labute approximate surface area is 123 Å². The fourth-order valence-corrected chi connectivity index (χ4v) is 3.89. The van der Waals surface area contributed by atoms with Crippen LogP contribution in [0.1, 0.15) is 51.0 Å². The molecule has 0 radical (unpaired) electrons. The van der Waals surface area contributed by atoms with Crippen molar-refractivity contribution in [3.63, 3.8) is 0 Å². The molecule has 1 aromatic carbocycles. The van der Waals surface area contributed by atoms with E-state index in [1.165, 1.54) is 75.8 Å². The molecular formula is C18H28N2. The highest BCUT2D eigenvalue weighted by Crippen LogP contribution is 2.33. The molecule has 1 saturated carbocycles. The Balaban J connectivity index is 1.74. The number of aryl methyl sites for hydroxylation is 1. The van der Waals surface area contributed by atoms with Gasteiger partial charge in [-0.25, -0.2) is 0 Å². The molecular weight excluding hydrogens is 244 g/mol. The van der Waals surface area contributed by atoms with Crippen molar-refractivity contribution in [1.29, 1.82) is 0 Å². The zero-order chi connectivity index (χ0) is 13.8. The maximum absolute atomic E-state index is 3.85. The van der Waals surface area contributed by atoms with Crippen LogP contribution in [0, 0.1) is 0 Å². The molecule has 2 aliphatic rings. The minimum Gasteiger partial charge on any atom is -0.370 e. The number of rotatable bonds is 3. The SMILES string of the molecule is CCCc1ccc(N2CCCNC3(CCCC3)C2)cc1. The lowest BCUT2D eigenvalue weighted by Crippen LogP contribution is -2.49. The average molecular weight is 272 g/mol. The molecule has 20 heavy (non-hydrogen) atoms. The summed E-state index contributed by atoms with van der Waals surface area (Å²) >= 11 is 0. The zero-order valence-electron chi connectivity index (χ0n) is 12.8. The van der Waals surface area contributed by atoms with Gasteiger partial charge in [0.2, 0.25) is 0 Å². The lowest BCUT2D eigenvalue weighted by atomic mass is 9.97. The van der Waals surface area contributed by atoms with Crippen LogP contribution in [0.15, 0.2) is 24.3 Å². The molecule has 1 heterocycles. The first kappa shape index (κ1) is 13.9. The van der Waals surface area contributed by atoms with E-state index >= 15 is 0 Å². The molecule has 1 aromatic rings. The molecule has 1 aliphatic carbocycles. The van der Waals surface area contributed by atoms with E-state index in [0.717, 1.165) is 0 Å². The summed E-state index contributed by atoms with van der Waals surface area (Å²) in [6, 6.07) is 9.30. The first-order valence-electron chi connectivity index (χ1n) is 8.40. The van der Waals surface area contributed by atoms with E-state index in [1.807, 2.05) is 0 Å². The molecule has 2 fully saturated rings. The summed E-state index contributed by atoms with van der Waals surface area (Å²) in [7, 11) is 0. The number of nitrogens with one attached hydrogen (secondary N) is 1. The zero-order valence-corrected chi connectivity index (χ0v) is 12.8. The Morgan fingerprint density at radius 1 is 1.10 bits per heavy atom. The van der Waals surface area contributed by atoms with Crippen LogP contribution in [0.2, 0.25) is 0 Å². The van der Waals surface area contributed by atoms with Crippen molar-refractivity contribution in [2.24, 2.45) is 0 Å². The summed E-state index contributed by atoms with van der Waals surface area (Å²) in [5.74, 6) is 0. The maximum atomic E-state index is 3.85. The van der Waals surface area contributed by atoms with Crippen LogP contribution in [0.4, 0.5) is 5.69 Å². The van der Waals surface area contributed by atoms with Gasteiger partial charge in [0.1, 0.15) is 0 Å². The maximum Gasteiger partial charge on any atom is 0.0367 e. The van der Waals surface area contributed by atoms with E-state index in [9.17, 15) is 0 Å². The lowest BCUT2D eigenvalue weighted by molar-refractivity contribution is 0.354. The van der Waals surface area contributed by atoms with E-state index in [-0.39, 0.29) is 0 Å². The van der Waals surface area contributed by atoms with Crippen LogP contribution in [-0.2, 0) is 6.42 Å². The molecule has 1 spiro atoms. The summed E-state index contributed by atoms with van der Waals surface area (Å²) in [5, 5.41) is 3.85. The third-order valence-corrected chi connectivity index (χ3v) is 5.00. The van der Waals surface area contributed by atoms with Crippen LogP contribution < -0.4 is 10.2 Å². The van der Waals surface area contributed by atoms with Gasteiger partial charge in [0, 0.05) is 24.3 Å². The fraction of sp³-hybridized carbons (Fsp3) is 0.667. The van der Waals surface area contributed by atoms with Gasteiger partial charge in [-0.2, -0.15) is 0 Å². The number of benzene rings is 1. The van der Waals surface area contributed by atoms with Crippen molar-refractivity contribution < 1.29 is 0 Å². The predicted molar refractivity (Wildman–Crippen MR) is 86.5 cm³/mol. The first-order chi connectivity index (χ1) is 9.81. The predicted octanol–water partition coefficient (Wildman–Crippen LogP) is 3.75. The van der Waals surface area contributed by atoms with E-state index in [4.69, 9.17) is 0 Å². The molecule has 3 rings (SSSR count). The van der Waals surface area contributed by atoms with Crippen LogP contribution in [-0.4, -0.2) is 25.2 Å². The Morgan fingerprint density at radius 3 is 2.55 bits per heavy atom. The van der Waals surface area contributed by atoms with Gasteiger partial charge in [-0.05, 0) is 49.9 Å². The van der Waals surface area contributed by atoms with Gasteiger partial charge < -0.3 is 10.2 Å². The van der Waals surface area contributed by atoms with E-state index in [1.54, 1.807) is 0 Å². The van der Waals surface area contributed by atoms with E-state index in [2.05, 4.69) is 41.4 Å². The van der Waals surface area contributed by atoms with Crippen molar-refractivity contribution in [1.82, 2.24) is 5.32 Å². The molecule has 2 heteroatoms. The quantitative estimate of drug-likeness (QED) is 0.901. The summed E-state index contributed by atoms with van der Waals surface area (Å²) < 4.78 is 0. The lowest BCUT2D eigenvalue weighted by Gasteiger charge is -2.34. The first-order valence-corrected chi connectivity index (χ1v) is 8.40. The summed E-state index contributed by atoms with van der Waals surface area (Å²) in [6.07, 6.45) is 9.21. The molecule has 1 N–H and O–H groups in total. The highest BCUT2D eigenvalue weighted by atomic mass is 15.2. The average Bonchev–Trinajstić information content (AvgIpc) is 2.81. The van der Waals surface area contributed by atoms with Crippen LogP contribution in [0.25, 0.3) is 0 Å². The second-order valence-electron chi connectivity index (χ2n) is 6.61. The van der Waals surface area contributed by atoms with Gasteiger partial charge in [-0.15, -0.1) is 0 Å². The monoisotopic (exact) mass is 272 g/mol. The van der Waals surface area contributed by atoms with Crippen molar-refractivity contribution in [2.45, 2.75) is 57.4 Å². The minimum atomic E-state index is 0.401. The van der Waals surface area contributed by atoms with Crippen molar-refractivity contribution >= 4 is 5.69 Å². The molecule has 0 amide bonds. The third-order valence-electron chi connectivity index (χ3n) is 5.00. The van der Waals surface area contributed by atoms with Gasteiger partial charge in [0.25, 0.3) is 0 Å². The summed E-state index contributed by atoms with van der Waals surface area (Å²) in [4.78, 5) is 2.61. The molecule has 0 bridgehead atoms. The number of nitrogens with zero attached hydrogens (tertiary/aromatic N) is 1. The second kappa shape index (κ2) is 6.17. The van der Waals surface area contributed by atoms with Gasteiger partial charge in [-0.1, -0.05) is 38.3 Å². The van der Waals surface area contributed by atoms with Crippen LogP contribution in [0.5, 0.6) is 0 Å². The van der Waals surface area contributed by atoms with Crippen LogP contribution >= 0.6 is 0 Å². The fourth-order valence-electron chi connectivity index (χ4n) is 3.89. The molecule has 0 aromatic heterocycles. The summed E-state index contributed by atoms with van der Waals surface area (Å²) in [5.41, 5.74) is 3.29. The molecule has 1 aliphatic heterocycles. The Kier molecular flexibility index (Phi) is 4.30. The highest BCUT2D eigenvalue weighted by molar-refractivity contribution is 5.48. The van der Waals surface area contributed by atoms with Crippen LogP contribution in [0.3, 0.4) is 0 Å². The Bertz CT molecular complexity index is 418. The molecule has 0 unspecified atom stereocenters. The van der Waals surface area contributed by atoms with E-state index < -0.39 is 0 Å².